The Hall–Kier alpha value is -2.07. The maximum absolute atomic E-state index is 11.0. The van der Waals surface area contributed by atoms with Crippen molar-refractivity contribution in [3.05, 3.63) is 63.7 Å². The second kappa shape index (κ2) is 5.74. The number of aryl methyl sites for hydroxylation is 1. The lowest BCUT2D eigenvalue weighted by Gasteiger charge is -2.31. The number of halogens is 1. The average Bonchev–Trinajstić information content (AvgIpc) is 2.53. The molecule has 0 amide bonds. The van der Waals surface area contributed by atoms with Gasteiger partial charge >= 0.3 is 0 Å². The summed E-state index contributed by atoms with van der Waals surface area (Å²) in [5, 5.41) is 11.0. The van der Waals surface area contributed by atoms with Crippen LogP contribution in [0.2, 0.25) is 0 Å². The first-order chi connectivity index (χ1) is 10.2. The number of rotatable bonds is 3. The van der Waals surface area contributed by atoms with Gasteiger partial charge in [-0.3, -0.25) is 10.1 Å². The van der Waals surface area contributed by atoms with E-state index in [1.165, 1.54) is 11.3 Å². The first kappa shape index (κ1) is 13.9. The van der Waals surface area contributed by atoms with Crippen LogP contribution in [0.4, 0.5) is 17.1 Å². The van der Waals surface area contributed by atoms with Crippen LogP contribution in [0.15, 0.2) is 42.5 Å². The third-order valence-corrected chi connectivity index (χ3v) is 4.11. The summed E-state index contributed by atoms with van der Waals surface area (Å²) >= 11 is 5.86. The van der Waals surface area contributed by atoms with Gasteiger partial charge in [0.05, 0.1) is 10.8 Å². The lowest BCUT2D eigenvalue weighted by Crippen LogP contribution is -2.24. The van der Waals surface area contributed by atoms with E-state index in [1.54, 1.807) is 12.1 Å². The number of nitro benzene ring substituents is 1. The summed E-state index contributed by atoms with van der Waals surface area (Å²) in [6.45, 7) is 0.913. The summed E-state index contributed by atoms with van der Waals surface area (Å²) in [5.41, 5.74) is 4.09. The van der Waals surface area contributed by atoms with Gasteiger partial charge in [0, 0.05) is 29.5 Å². The highest BCUT2D eigenvalue weighted by atomic mass is 35.5. The molecule has 4 nitrogen and oxygen atoms in total. The maximum atomic E-state index is 11.0. The standard InChI is InChI=1S/C16H15ClN2O2/c17-11-13-10-14(7-8-16(13)19(20)21)18-9-3-5-12-4-1-2-6-15(12)18/h1-2,4,6-8,10H,3,5,9,11H2. The topological polar surface area (TPSA) is 46.4 Å². The number of para-hydroxylation sites is 1. The molecule has 0 radical (unpaired) electrons. The molecule has 0 N–H and O–H groups in total. The third kappa shape index (κ3) is 2.59. The van der Waals surface area contributed by atoms with E-state index in [4.69, 9.17) is 11.6 Å². The van der Waals surface area contributed by atoms with Crippen LogP contribution in [0, 0.1) is 10.1 Å². The van der Waals surface area contributed by atoms with Crippen molar-refractivity contribution in [3.63, 3.8) is 0 Å². The van der Waals surface area contributed by atoms with Gasteiger partial charge < -0.3 is 4.90 Å². The van der Waals surface area contributed by atoms with Gasteiger partial charge in [0.2, 0.25) is 0 Å². The van der Waals surface area contributed by atoms with Crippen LogP contribution in [0.5, 0.6) is 0 Å². The van der Waals surface area contributed by atoms with Crippen LogP contribution in [-0.4, -0.2) is 11.5 Å². The normalized spacial score (nSPS) is 13.9. The second-order valence-corrected chi connectivity index (χ2v) is 5.35. The largest absolute Gasteiger partial charge is 0.341 e. The lowest BCUT2D eigenvalue weighted by molar-refractivity contribution is -0.385. The Morgan fingerprint density at radius 2 is 2.05 bits per heavy atom. The molecule has 1 aliphatic heterocycles. The highest BCUT2D eigenvalue weighted by Gasteiger charge is 2.20. The number of nitro groups is 1. The number of benzene rings is 2. The summed E-state index contributed by atoms with van der Waals surface area (Å²) in [7, 11) is 0. The van der Waals surface area contributed by atoms with Crippen molar-refractivity contribution < 1.29 is 4.92 Å². The maximum Gasteiger partial charge on any atom is 0.273 e. The molecule has 0 fully saturated rings. The van der Waals surface area contributed by atoms with Crippen LogP contribution >= 0.6 is 11.6 Å². The van der Waals surface area contributed by atoms with Crippen molar-refractivity contribution in [1.82, 2.24) is 0 Å². The fourth-order valence-electron chi connectivity index (χ4n) is 2.83. The second-order valence-electron chi connectivity index (χ2n) is 5.09. The Balaban J connectivity index is 2.04. The number of alkyl halides is 1. The Morgan fingerprint density at radius 3 is 2.81 bits per heavy atom. The number of hydrogen-bond acceptors (Lipinski definition) is 3. The van der Waals surface area contributed by atoms with Gasteiger partial charge in [-0.1, -0.05) is 18.2 Å². The van der Waals surface area contributed by atoms with Gasteiger partial charge in [-0.15, -0.1) is 11.6 Å². The Kier molecular flexibility index (Phi) is 3.80. The molecule has 3 rings (SSSR count). The minimum Gasteiger partial charge on any atom is -0.341 e. The molecule has 1 heterocycles. The highest BCUT2D eigenvalue weighted by Crippen LogP contribution is 2.35. The molecule has 21 heavy (non-hydrogen) atoms. The molecule has 1 aliphatic rings. The zero-order valence-corrected chi connectivity index (χ0v) is 12.2. The van der Waals surface area contributed by atoms with E-state index >= 15 is 0 Å². The Labute approximate surface area is 128 Å². The lowest BCUT2D eigenvalue weighted by atomic mass is 10.0. The van der Waals surface area contributed by atoms with Gasteiger partial charge in [0.1, 0.15) is 0 Å². The van der Waals surface area contributed by atoms with E-state index in [-0.39, 0.29) is 16.5 Å². The van der Waals surface area contributed by atoms with Crippen molar-refractivity contribution >= 4 is 28.7 Å². The minimum absolute atomic E-state index is 0.0824. The summed E-state index contributed by atoms with van der Waals surface area (Å²) < 4.78 is 0. The molecule has 5 heteroatoms. The molecule has 0 aliphatic carbocycles. The van der Waals surface area contributed by atoms with Crippen LogP contribution in [0.1, 0.15) is 17.5 Å². The van der Waals surface area contributed by atoms with E-state index in [0.717, 1.165) is 25.1 Å². The van der Waals surface area contributed by atoms with E-state index in [0.29, 0.717) is 5.56 Å². The number of fused-ring (bicyclic) bond motifs is 1. The molecular weight excluding hydrogens is 288 g/mol. The monoisotopic (exact) mass is 302 g/mol. The molecule has 0 saturated heterocycles. The van der Waals surface area contributed by atoms with Gasteiger partial charge in [-0.25, -0.2) is 0 Å². The summed E-state index contributed by atoms with van der Waals surface area (Å²) in [4.78, 5) is 12.8. The molecule has 2 aromatic rings. The van der Waals surface area contributed by atoms with Crippen molar-refractivity contribution in [2.45, 2.75) is 18.7 Å². The minimum atomic E-state index is -0.383. The van der Waals surface area contributed by atoms with Crippen LogP contribution in [0.25, 0.3) is 0 Å². The van der Waals surface area contributed by atoms with Gasteiger partial charge in [0.25, 0.3) is 5.69 Å². The van der Waals surface area contributed by atoms with Crippen LogP contribution in [-0.2, 0) is 12.3 Å². The summed E-state index contributed by atoms with van der Waals surface area (Å²) in [6, 6.07) is 13.5. The molecule has 0 saturated carbocycles. The van der Waals surface area contributed by atoms with Gasteiger partial charge in [0.15, 0.2) is 0 Å². The third-order valence-electron chi connectivity index (χ3n) is 3.83. The zero-order chi connectivity index (χ0) is 14.8. The molecule has 0 unspecified atom stereocenters. The van der Waals surface area contributed by atoms with E-state index in [1.807, 2.05) is 18.2 Å². The highest BCUT2D eigenvalue weighted by molar-refractivity contribution is 6.17. The zero-order valence-electron chi connectivity index (χ0n) is 11.5. The molecule has 108 valence electrons. The van der Waals surface area contributed by atoms with Crippen molar-refractivity contribution in [3.8, 4) is 0 Å². The average molecular weight is 303 g/mol. The summed E-state index contributed by atoms with van der Waals surface area (Å²) in [6.07, 6.45) is 2.15. The quantitative estimate of drug-likeness (QED) is 0.479. The molecule has 2 aromatic carbocycles. The smallest absolute Gasteiger partial charge is 0.273 e. The van der Waals surface area contributed by atoms with Gasteiger partial charge in [-0.05, 0) is 36.6 Å². The fraction of sp³-hybridized carbons (Fsp3) is 0.250. The van der Waals surface area contributed by atoms with Crippen molar-refractivity contribution in [2.75, 3.05) is 11.4 Å². The van der Waals surface area contributed by atoms with Crippen LogP contribution in [0.3, 0.4) is 0 Å². The van der Waals surface area contributed by atoms with E-state index in [9.17, 15) is 10.1 Å². The van der Waals surface area contributed by atoms with Gasteiger partial charge in [-0.2, -0.15) is 0 Å². The predicted octanol–water partition coefficient (Wildman–Crippen LogP) is 4.42. The van der Waals surface area contributed by atoms with Crippen molar-refractivity contribution in [1.29, 1.82) is 0 Å². The van der Waals surface area contributed by atoms with E-state index in [2.05, 4.69) is 17.0 Å². The first-order valence-electron chi connectivity index (χ1n) is 6.89. The molecular formula is C16H15ClN2O2. The molecule has 0 spiro atoms. The molecule has 0 atom stereocenters. The Bertz CT molecular complexity index is 688. The molecule has 0 bridgehead atoms. The van der Waals surface area contributed by atoms with E-state index < -0.39 is 0 Å². The number of hydrogen-bond donors (Lipinski definition) is 0. The first-order valence-corrected chi connectivity index (χ1v) is 7.43. The number of anilines is 2. The van der Waals surface area contributed by atoms with Crippen molar-refractivity contribution in [2.24, 2.45) is 0 Å². The molecule has 0 aromatic heterocycles. The number of nitrogens with zero attached hydrogens (tertiary/aromatic N) is 2. The predicted molar refractivity (Wildman–Crippen MR) is 84.4 cm³/mol. The Morgan fingerprint density at radius 1 is 1.24 bits per heavy atom. The summed E-state index contributed by atoms with van der Waals surface area (Å²) in [5.74, 6) is 0.139. The van der Waals surface area contributed by atoms with Crippen LogP contribution < -0.4 is 4.90 Å². The SMILES string of the molecule is O=[N+]([O-])c1ccc(N2CCCc3ccccc32)cc1CCl. The fourth-order valence-corrected chi connectivity index (χ4v) is 3.04.